The third-order valence-electron chi connectivity index (χ3n) is 3.28. The second-order valence-corrected chi connectivity index (χ2v) is 5.76. The molecule has 1 fully saturated rings. The third-order valence-corrected chi connectivity index (χ3v) is 4.27. The number of rotatable bonds is 4. The number of hydrogen-bond donors (Lipinski definition) is 1. The van der Waals surface area contributed by atoms with Crippen molar-refractivity contribution in [2.24, 2.45) is 0 Å². The smallest absolute Gasteiger partial charge is 0.184 e. The van der Waals surface area contributed by atoms with Crippen molar-refractivity contribution in [1.82, 2.24) is 19.7 Å². The highest BCUT2D eigenvalue weighted by Gasteiger charge is 2.25. The van der Waals surface area contributed by atoms with Gasteiger partial charge < -0.3 is 9.88 Å². The molecule has 1 N–H and O–H groups in total. The summed E-state index contributed by atoms with van der Waals surface area (Å²) >= 11 is 1.67. The fourth-order valence-corrected chi connectivity index (χ4v) is 3.01. The fourth-order valence-electron chi connectivity index (χ4n) is 2.15. The second kappa shape index (κ2) is 4.31. The first-order valence-corrected chi connectivity index (χ1v) is 7.19. The lowest BCUT2D eigenvalue weighted by Gasteiger charge is -2.04. The van der Waals surface area contributed by atoms with Crippen molar-refractivity contribution in [3.8, 4) is 0 Å². The van der Waals surface area contributed by atoms with Crippen molar-refractivity contribution in [1.29, 1.82) is 0 Å². The van der Waals surface area contributed by atoms with E-state index in [1.165, 1.54) is 17.5 Å². The highest BCUT2D eigenvalue weighted by molar-refractivity contribution is 7.22. The van der Waals surface area contributed by atoms with E-state index < -0.39 is 0 Å². The van der Waals surface area contributed by atoms with Crippen molar-refractivity contribution in [3.63, 3.8) is 0 Å². The molecule has 0 saturated heterocycles. The predicted molar refractivity (Wildman–Crippen MR) is 75.2 cm³/mol. The molecule has 0 atom stereocenters. The highest BCUT2D eigenvalue weighted by Crippen LogP contribution is 2.35. The molecule has 0 amide bonds. The molecule has 2 heterocycles. The summed E-state index contributed by atoms with van der Waals surface area (Å²) < 4.78 is 3.37. The van der Waals surface area contributed by atoms with Gasteiger partial charge in [0.15, 0.2) is 11.0 Å². The summed E-state index contributed by atoms with van der Waals surface area (Å²) in [6.45, 7) is 0.677. The Labute approximate surface area is 114 Å². The summed E-state index contributed by atoms with van der Waals surface area (Å²) in [5, 5.41) is 12.4. The SMILES string of the molecule is c1ccc2sc(NCc3nncn3C3CC3)nc2c1. The van der Waals surface area contributed by atoms with Crippen molar-refractivity contribution in [2.75, 3.05) is 5.32 Å². The molecule has 1 aromatic carbocycles. The second-order valence-electron chi connectivity index (χ2n) is 4.73. The normalized spacial score (nSPS) is 14.9. The first-order chi connectivity index (χ1) is 9.40. The highest BCUT2D eigenvalue weighted by atomic mass is 32.1. The monoisotopic (exact) mass is 271 g/mol. The van der Waals surface area contributed by atoms with E-state index in [1.807, 2.05) is 24.5 Å². The Kier molecular flexibility index (Phi) is 2.48. The lowest BCUT2D eigenvalue weighted by atomic mass is 10.3. The molecule has 96 valence electrons. The molecule has 19 heavy (non-hydrogen) atoms. The standard InChI is InChI=1S/C13H13N5S/c1-2-4-11-10(3-1)16-13(19-11)14-7-12-17-15-8-18(12)9-5-6-9/h1-4,8-9H,5-7H2,(H,14,16). The van der Waals surface area contributed by atoms with Crippen LogP contribution in [0.15, 0.2) is 30.6 Å². The first-order valence-electron chi connectivity index (χ1n) is 6.38. The minimum Gasteiger partial charge on any atom is -0.354 e. The molecule has 1 saturated carbocycles. The van der Waals surface area contributed by atoms with Gasteiger partial charge in [0.05, 0.1) is 16.8 Å². The third kappa shape index (κ3) is 2.08. The molecule has 0 unspecified atom stereocenters. The molecular weight excluding hydrogens is 258 g/mol. The van der Waals surface area contributed by atoms with Crippen LogP contribution in [0.4, 0.5) is 5.13 Å². The van der Waals surface area contributed by atoms with Crippen LogP contribution >= 0.6 is 11.3 Å². The average molecular weight is 271 g/mol. The molecular formula is C13H13N5S. The zero-order valence-corrected chi connectivity index (χ0v) is 11.1. The lowest BCUT2D eigenvalue weighted by Crippen LogP contribution is -2.07. The van der Waals surface area contributed by atoms with E-state index in [4.69, 9.17) is 0 Å². The summed E-state index contributed by atoms with van der Waals surface area (Å²) in [5.41, 5.74) is 1.04. The number of fused-ring (bicyclic) bond motifs is 1. The average Bonchev–Trinajstić information content (AvgIpc) is 3.03. The van der Waals surface area contributed by atoms with Gasteiger partial charge in [-0.15, -0.1) is 10.2 Å². The van der Waals surface area contributed by atoms with Crippen molar-refractivity contribution < 1.29 is 0 Å². The Bertz CT molecular complexity index is 679. The summed E-state index contributed by atoms with van der Waals surface area (Å²) in [5.74, 6) is 0.988. The van der Waals surface area contributed by atoms with Crippen LogP contribution in [0, 0.1) is 0 Å². The maximum Gasteiger partial charge on any atom is 0.184 e. The molecule has 0 radical (unpaired) electrons. The van der Waals surface area contributed by atoms with Crippen LogP contribution < -0.4 is 5.32 Å². The largest absolute Gasteiger partial charge is 0.354 e. The molecule has 4 rings (SSSR count). The topological polar surface area (TPSA) is 55.6 Å². The van der Waals surface area contributed by atoms with E-state index in [-0.39, 0.29) is 0 Å². The van der Waals surface area contributed by atoms with Crippen LogP contribution in [-0.2, 0) is 6.54 Å². The number of nitrogens with zero attached hydrogens (tertiary/aromatic N) is 4. The Balaban J connectivity index is 1.53. The molecule has 5 nitrogen and oxygen atoms in total. The van der Waals surface area contributed by atoms with Crippen LogP contribution in [0.2, 0.25) is 0 Å². The Hall–Kier alpha value is -1.95. The number of nitrogens with one attached hydrogen (secondary N) is 1. The number of hydrogen-bond acceptors (Lipinski definition) is 5. The summed E-state index contributed by atoms with van der Waals surface area (Å²) in [6.07, 6.45) is 4.31. The van der Waals surface area contributed by atoms with Crippen molar-refractivity contribution >= 4 is 26.7 Å². The van der Waals surface area contributed by atoms with Crippen LogP contribution in [0.5, 0.6) is 0 Å². The zero-order chi connectivity index (χ0) is 12.7. The fraction of sp³-hybridized carbons (Fsp3) is 0.308. The van der Waals surface area contributed by atoms with Crippen LogP contribution in [0.1, 0.15) is 24.7 Å². The van der Waals surface area contributed by atoms with Crippen LogP contribution in [0.25, 0.3) is 10.2 Å². The van der Waals surface area contributed by atoms with E-state index >= 15 is 0 Å². The first kappa shape index (κ1) is 10.9. The molecule has 6 heteroatoms. The van der Waals surface area contributed by atoms with Gasteiger partial charge in [-0.1, -0.05) is 23.5 Å². The Morgan fingerprint density at radius 2 is 2.21 bits per heavy atom. The van der Waals surface area contributed by atoms with Crippen molar-refractivity contribution in [2.45, 2.75) is 25.4 Å². The van der Waals surface area contributed by atoms with Gasteiger partial charge in [-0.05, 0) is 25.0 Å². The molecule has 3 aromatic rings. The molecule has 0 aliphatic heterocycles. The number of aromatic nitrogens is 4. The van der Waals surface area contributed by atoms with E-state index in [0.29, 0.717) is 12.6 Å². The van der Waals surface area contributed by atoms with Gasteiger partial charge in [-0.3, -0.25) is 0 Å². The van der Waals surface area contributed by atoms with Gasteiger partial charge in [0, 0.05) is 6.04 Å². The maximum atomic E-state index is 4.55. The Morgan fingerprint density at radius 3 is 3.05 bits per heavy atom. The molecule has 0 spiro atoms. The van der Waals surface area contributed by atoms with Gasteiger partial charge in [0.25, 0.3) is 0 Å². The molecule has 1 aliphatic carbocycles. The van der Waals surface area contributed by atoms with Crippen LogP contribution in [-0.4, -0.2) is 19.7 Å². The number of anilines is 1. The molecule has 1 aliphatic rings. The van der Waals surface area contributed by atoms with Crippen LogP contribution in [0.3, 0.4) is 0 Å². The number of thiazole rings is 1. The Morgan fingerprint density at radius 1 is 1.32 bits per heavy atom. The quantitative estimate of drug-likeness (QED) is 0.792. The van der Waals surface area contributed by atoms with Crippen molar-refractivity contribution in [3.05, 3.63) is 36.4 Å². The molecule has 0 bridgehead atoms. The van der Waals surface area contributed by atoms with Gasteiger partial charge in [0.2, 0.25) is 0 Å². The maximum absolute atomic E-state index is 4.55. The summed E-state index contributed by atoms with van der Waals surface area (Å²) in [6, 6.07) is 8.78. The number of benzene rings is 1. The predicted octanol–water partition coefficient (Wildman–Crippen LogP) is 2.83. The minimum atomic E-state index is 0.613. The van der Waals surface area contributed by atoms with Gasteiger partial charge in [-0.2, -0.15) is 0 Å². The number of para-hydroxylation sites is 1. The van der Waals surface area contributed by atoms with E-state index in [0.717, 1.165) is 16.5 Å². The van der Waals surface area contributed by atoms with E-state index in [9.17, 15) is 0 Å². The van der Waals surface area contributed by atoms with Gasteiger partial charge in [0.1, 0.15) is 6.33 Å². The summed E-state index contributed by atoms with van der Waals surface area (Å²) in [7, 11) is 0. The van der Waals surface area contributed by atoms with E-state index in [2.05, 4.69) is 31.1 Å². The zero-order valence-electron chi connectivity index (χ0n) is 10.3. The van der Waals surface area contributed by atoms with Gasteiger partial charge in [-0.25, -0.2) is 4.98 Å². The van der Waals surface area contributed by atoms with E-state index in [1.54, 1.807) is 11.3 Å². The molecule has 2 aromatic heterocycles. The van der Waals surface area contributed by atoms with Gasteiger partial charge >= 0.3 is 0 Å². The minimum absolute atomic E-state index is 0.613. The summed E-state index contributed by atoms with van der Waals surface area (Å²) in [4.78, 5) is 4.55. The lowest BCUT2D eigenvalue weighted by molar-refractivity contribution is 0.690.